The van der Waals surface area contributed by atoms with Crippen LogP contribution in [0, 0.1) is 5.41 Å². The van der Waals surface area contributed by atoms with Crippen molar-refractivity contribution in [3.63, 3.8) is 0 Å². The summed E-state index contributed by atoms with van der Waals surface area (Å²) in [5, 5.41) is 12.7. The van der Waals surface area contributed by atoms with Gasteiger partial charge in [0.2, 0.25) is 0 Å². The molecule has 4 nitrogen and oxygen atoms in total. The highest BCUT2D eigenvalue weighted by Gasteiger charge is 1.98. The Hall–Kier alpha value is -1.84. The minimum Gasteiger partial charge on any atom is -0.467 e. The first-order chi connectivity index (χ1) is 6.74. The fraction of sp³-hybridized carbons (Fsp3) is 0.200. The molecular weight excluding hydrogens is 178 g/mol. The molecule has 0 aliphatic carbocycles. The molecule has 0 aromatic heterocycles. The fourth-order valence-corrected chi connectivity index (χ4v) is 0.877. The maximum Gasteiger partial charge on any atom is 0.304 e. The summed E-state index contributed by atoms with van der Waals surface area (Å²) < 4.78 is 4.70. The Morgan fingerprint density at radius 3 is 2.64 bits per heavy atom. The minimum atomic E-state index is 0.0113. The number of benzene rings is 1. The average molecular weight is 191 g/mol. The van der Waals surface area contributed by atoms with Gasteiger partial charge in [-0.25, -0.2) is 10.4 Å². The molecule has 14 heavy (non-hydrogen) atoms. The van der Waals surface area contributed by atoms with E-state index in [2.05, 4.69) is 5.10 Å². The maximum absolute atomic E-state index is 7.30. The highest BCUT2D eigenvalue weighted by molar-refractivity contribution is 5.80. The van der Waals surface area contributed by atoms with Crippen molar-refractivity contribution in [2.24, 2.45) is 5.10 Å². The molecule has 0 aliphatic heterocycles. The van der Waals surface area contributed by atoms with Gasteiger partial charge >= 0.3 is 6.02 Å². The van der Waals surface area contributed by atoms with Crippen LogP contribution in [0.2, 0.25) is 0 Å². The summed E-state index contributed by atoms with van der Waals surface area (Å²) in [7, 11) is 3.10. The van der Waals surface area contributed by atoms with Crippen LogP contribution in [-0.2, 0) is 4.74 Å². The zero-order valence-electron chi connectivity index (χ0n) is 8.27. The average Bonchev–Trinajstić information content (AvgIpc) is 2.26. The van der Waals surface area contributed by atoms with Crippen LogP contribution in [0.3, 0.4) is 0 Å². The SMILES string of the molecule is COC(=N)N(C)N=Cc1ccccc1. The Labute approximate surface area is 83.3 Å². The Balaban J connectivity index is 2.60. The molecule has 0 saturated carbocycles. The summed E-state index contributed by atoms with van der Waals surface area (Å²) in [6.07, 6.45) is 1.67. The monoisotopic (exact) mass is 191 g/mol. The van der Waals surface area contributed by atoms with Crippen LogP contribution in [-0.4, -0.2) is 31.4 Å². The number of rotatable bonds is 2. The molecule has 1 aromatic rings. The predicted molar refractivity (Wildman–Crippen MR) is 56.5 cm³/mol. The fourth-order valence-electron chi connectivity index (χ4n) is 0.877. The second-order valence-electron chi connectivity index (χ2n) is 2.69. The molecule has 1 rings (SSSR count). The van der Waals surface area contributed by atoms with Gasteiger partial charge in [0.15, 0.2) is 0 Å². The van der Waals surface area contributed by atoms with Crippen molar-refractivity contribution in [3.8, 4) is 0 Å². The molecule has 0 radical (unpaired) electrons. The lowest BCUT2D eigenvalue weighted by molar-refractivity contribution is 0.311. The molecule has 1 N–H and O–H groups in total. The molecule has 0 saturated heterocycles. The number of amidine groups is 1. The van der Waals surface area contributed by atoms with Gasteiger partial charge in [-0.05, 0) is 5.56 Å². The zero-order chi connectivity index (χ0) is 10.4. The first kappa shape index (κ1) is 10.2. The number of hydrazone groups is 1. The Morgan fingerprint density at radius 2 is 2.07 bits per heavy atom. The van der Waals surface area contributed by atoms with Gasteiger partial charge in [0.05, 0.1) is 13.3 Å². The molecule has 0 amide bonds. The van der Waals surface area contributed by atoms with Gasteiger partial charge in [-0.15, -0.1) is 0 Å². The van der Waals surface area contributed by atoms with E-state index in [0.717, 1.165) is 5.56 Å². The molecule has 0 fully saturated rings. The molecule has 0 bridgehead atoms. The number of hydrogen-bond acceptors (Lipinski definition) is 3. The Bertz CT molecular complexity index is 321. The van der Waals surface area contributed by atoms with Gasteiger partial charge in [0.25, 0.3) is 0 Å². The van der Waals surface area contributed by atoms with Gasteiger partial charge < -0.3 is 4.74 Å². The third kappa shape index (κ3) is 2.90. The van der Waals surface area contributed by atoms with E-state index < -0.39 is 0 Å². The van der Waals surface area contributed by atoms with Gasteiger partial charge in [0.1, 0.15) is 0 Å². The number of hydrogen-bond donors (Lipinski definition) is 1. The second kappa shape index (κ2) is 5.01. The van der Waals surface area contributed by atoms with Gasteiger partial charge in [0, 0.05) is 7.05 Å². The van der Waals surface area contributed by atoms with Crippen molar-refractivity contribution in [2.45, 2.75) is 0 Å². The molecule has 0 atom stereocenters. The topological polar surface area (TPSA) is 48.7 Å². The summed E-state index contributed by atoms with van der Waals surface area (Å²) in [6.45, 7) is 0. The molecule has 1 aromatic carbocycles. The van der Waals surface area contributed by atoms with Crippen molar-refractivity contribution >= 4 is 12.2 Å². The smallest absolute Gasteiger partial charge is 0.304 e. The largest absolute Gasteiger partial charge is 0.467 e. The lowest BCUT2D eigenvalue weighted by atomic mass is 10.2. The van der Waals surface area contributed by atoms with E-state index in [0.29, 0.717) is 0 Å². The number of methoxy groups -OCH3 is 1. The standard InChI is InChI=1S/C10H13N3O/c1-13(10(11)14-2)12-8-9-6-4-3-5-7-9/h3-8,11H,1-2H3. The maximum atomic E-state index is 7.30. The molecule has 74 valence electrons. The molecular formula is C10H13N3O. The van der Waals surface area contributed by atoms with Gasteiger partial charge in [-0.1, -0.05) is 30.3 Å². The van der Waals surface area contributed by atoms with E-state index in [9.17, 15) is 0 Å². The van der Waals surface area contributed by atoms with Crippen LogP contribution in [0.25, 0.3) is 0 Å². The zero-order valence-corrected chi connectivity index (χ0v) is 8.27. The number of nitrogens with zero attached hydrogens (tertiary/aromatic N) is 2. The normalized spacial score (nSPS) is 10.1. The summed E-state index contributed by atoms with van der Waals surface area (Å²) in [4.78, 5) is 0. The summed E-state index contributed by atoms with van der Waals surface area (Å²) in [5.41, 5.74) is 0.989. The van der Waals surface area contributed by atoms with Gasteiger partial charge in [-0.2, -0.15) is 5.10 Å². The van der Waals surface area contributed by atoms with E-state index in [1.807, 2.05) is 30.3 Å². The van der Waals surface area contributed by atoms with Crippen LogP contribution in [0.4, 0.5) is 0 Å². The van der Waals surface area contributed by atoms with Crippen molar-refractivity contribution in [2.75, 3.05) is 14.2 Å². The van der Waals surface area contributed by atoms with E-state index in [1.165, 1.54) is 12.1 Å². The summed E-state index contributed by atoms with van der Waals surface area (Å²) >= 11 is 0. The molecule has 0 aliphatic rings. The van der Waals surface area contributed by atoms with E-state index in [1.54, 1.807) is 13.3 Å². The molecule has 0 spiro atoms. The van der Waals surface area contributed by atoms with E-state index in [4.69, 9.17) is 10.1 Å². The number of ether oxygens (including phenoxy) is 1. The Kier molecular flexibility index (Phi) is 3.67. The first-order valence-corrected chi connectivity index (χ1v) is 4.19. The van der Waals surface area contributed by atoms with Crippen molar-refractivity contribution in [1.82, 2.24) is 5.01 Å². The third-order valence-corrected chi connectivity index (χ3v) is 1.67. The molecule has 0 unspecified atom stereocenters. The lowest BCUT2D eigenvalue weighted by Gasteiger charge is -2.10. The van der Waals surface area contributed by atoms with Crippen LogP contribution >= 0.6 is 0 Å². The molecule has 4 heteroatoms. The van der Waals surface area contributed by atoms with Crippen LogP contribution in [0.15, 0.2) is 35.4 Å². The van der Waals surface area contributed by atoms with Crippen molar-refractivity contribution < 1.29 is 4.74 Å². The van der Waals surface area contributed by atoms with E-state index in [-0.39, 0.29) is 6.02 Å². The van der Waals surface area contributed by atoms with Crippen LogP contribution in [0.5, 0.6) is 0 Å². The van der Waals surface area contributed by atoms with Crippen molar-refractivity contribution in [1.29, 1.82) is 5.41 Å². The van der Waals surface area contributed by atoms with Crippen LogP contribution in [0.1, 0.15) is 5.56 Å². The lowest BCUT2D eigenvalue weighted by Crippen LogP contribution is -2.21. The summed E-state index contributed by atoms with van der Waals surface area (Å²) in [5.74, 6) is 0. The van der Waals surface area contributed by atoms with Gasteiger partial charge in [-0.3, -0.25) is 0 Å². The third-order valence-electron chi connectivity index (χ3n) is 1.67. The minimum absolute atomic E-state index is 0.0113. The highest BCUT2D eigenvalue weighted by Crippen LogP contribution is 1.95. The first-order valence-electron chi connectivity index (χ1n) is 4.19. The van der Waals surface area contributed by atoms with Crippen molar-refractivity contribution in [3.05, 3.63) is 35.9 Å². The van der Waals surface area contributed by atoms with E-state index >= 15 is 0 Å². The highest BCUT2D eigenvalue weighted by atomic mass is 16.5. The second-order valence-corrected chi connectivity index (χ2v) is 2.69. The molecule has 0 heterocycles. The quantitative estimate of drug-likeness (QED) is 0.438. The summed E-state index contributed by atoms with van der Waals surface area (Å²) in [6, 6.07) is 9.70. The Morgan fingerprint density at radius 1 is 1.43 bits per heavy atom. The predicted octanol–water partition coefficient (Wildman–Crippen LogP) is 1.53. The van der Waals surface area contributed by atoms with Crippen LogP contribution < -0.4 is 0 Å². The number of nitrogens with one attached hydrogen (secondary N) is 1.